The van der Waals surface area contributed by atoms with E-state index < -0.39 is 19.3 Å². The summed E-state index contributed by atoms with van der Waals surface area (Å²) in [5.41, 5.74) is 3.15. The molecule has 43 heavy (non-hydrogen) atoms. The van der Waals surface area contributed by atoms with Crippen molar-refractivity contribution in [3.8, 4) is 17.3 Å². The third-order valence-electron chi connectivity index (χ3n) is 8.51. The maximum absolute atomic E-state index is 11.6. The number of hydrogen-bond donors (Lipinski definition) is 2. The second-order valence-corrected chi connectivity index (χ2v) is 18.7. The van der Waals surface area contributed by atoms with Gasteiger partial charge in [0.05, 0.1) is 22.6 Å². The molecule has 0 aliphatic carbocycles. The Morgan fingerprint density at radius 1 is 1.26 bits per heavy atom. The average Bonchev–Trinajstić information content (AvgIpc) is 3.41. The normalized spacial score (nSPS) is 17.0. The molecule has 1 aliphatic heterocycles. The Bertz CT molecular complexity index is 1540. The molecule has 0 saturated carbocycles. The van der Waals surface area contributed by atoms with Crippen molar-refractivity contribution in [3.05, 3.63) is 47.3 Å². The molecule has 1 aromatic carbocycles. The van der Waals surface area contributed by atoms with Crippen LogP contribution in [0.3, 0.4) is 0 Å². The Kier molecular flexibility index (Phi) is 8.94. The van der Waals surface area contributed by atoms with Crippen LogP contribution in [0.25, 0.3) is 11.3 Å². The van der Waals surface area contributed by atoms with E-state index in [2.05, 4.69) is 68.3 Å². The Hall–Kier alpha value is -3.53. The van der Waals surface area contributed by atoms with Crippen LogP contribution in [-0.4, -0.2) is 65.5 Å². The summed E-state index contributed by atoms with van der Waals surface area (Å²) < 4.78 is 8.49. The van der Waals surface area contributed by atoms with Crippen molar-refractivity contribution in [1.29, 1.82) is 5.26 Å². The molecule has 227 valence electrons. The van der Waals surface area contributed by atoms with E-state index in [1.54, 1.807) is 24.7 Å². The third kappa shape index (κ3) is 7.17. The van der Waals surface area contributed by atoms with E-state index in [0.29, 0.717) is 43.3 Å². The summed E-state index contributed by atoms with van der Waals surface area (Å²) in [5.74, 6) is 1.11. The van der Waals surface area contributed by atoms with E-state index in [4.69, 9.17) is 9.41 Å². The van der Waals surface area contributed by atoms with Crippen molar-refractivity contribution in [1.82, 2.24) is 19.7 Å². The van der Waals surface area contributed by atoms with Gasteiger partial charge in [-0.2, -0.15) is 10.4 Å². The Labute approximate surface area is 256 Å². The van der Waals surface area contributed by atoms with E-state index in [9.17, 15) is 15.2 Å². The van der Waals surface area contributed by atoms with E-state index in [1.807, 2.05) is 29.9 Å². The van der Waals surface area contributed by atoms with Crippen LogP contribution in [0.1, 0.15) is 64.8 Å². The van der Waals surface area contributed by atoms with Crippen LogP contribution in [0.5, 0.6) is 0 Å². The Morgan fingerprint density at radius 3 is 2.60 bits per heavy atom. The molecule has 0 amide bonds. The quantitative estimate of drug-likeness (QED) is 0.222. The molecule has 0 bridgehead atoms. The van der Waals surface area contributed by atoms with E-state index in [1.165, 1.54) is 7.41 Å². The zero-order valence-electron chi connectivity index (χ0n) is 26.8. The first-order valence-corrected chi connectivity index (χ1v) is 17.5. The zero-order chi connectivity index (χ0) is 31.8. The number of carbonyl (C=O) groups excluding carboxylic acids is 1. The number of hydrogen-bond acceptors (Lipinski definition) is 9. The summed E-state index contributed by atoms with van der Waals surface area (Å²) in [6, 6.07) is 9.96. The Morgan fingerprint density at radius 2 is 1.98 bits per heavy atom. The van der Waals surface area contributed by atoms with Crippen molar-refractivity contribution < 1.29 is 14.3 Å². The molecule has 4 rings (SSSR count). The van der Waals surface area contributed by atoms with Gasteiger partial charge in [0.15, 0.2) is 8.32 Å². The van der Waals surface area contributed by atoms with Crippen LogP contribution in [0.4, 0.5) is 17.5 Å². The van der Waals surface area contributed by atoms with E-state index in [-0.39, 0.29) is 5.04 Å². The number of carbonyl (C=O) groups is 1. The van der Waals surface area contributed by atoms with Gasteiger partial charge in [-0.05, 0) is 69.1 Å². The number of anilines is 3. The summed E-state index contributed by atoms with van der Waals surface area (Å²) in [4.78, 5) is 22.7. The van der Waals surface area contributed by atoms with Crippen LogP contribution < -0.4 is 10.1 Å². The van der Waals surface area contributed by atoms with Gasteiger partial charge in [0, 0.05) is 48.6 Å². The predicted octanol–water partition coefficient (Wildman–Crippen LogP) is 5.33. The second-order valence-electron chi connectivity index (χ2n) is 13.9. The van der Waals surface area contributed by atoms with E-state index in [0.717, 1.165) is 34.5 Å². The minimum Gasteiger partial charge on any atom is -0.416 e. The molecular formula is C31H43BN7O3Si. The first-order valence-electron chi connectivity index (χ1n) is 14.6. The molecule has 3 heterocycles. The zero-order valence-corrected chi connectivity index (χ0v) is 27.8. The topological polar surface area (TPSA) is 129 Å². The van der Waals surface area contributed by atoms with Gasteiger partial charge in [0.25, 0.3) is 0 Å². The van der Waals surface area contributed by atoms with Gasteiger partial charge in [-0.15, -0.1) is 0 Å². The first kappa shape index (κ1) is 32.4. The molecule has 0 saturated heterocycles. The van der Waals surface area contributed by atoms with Crippen LogP contribution in [0, 0.1) is 18.3 Å². The monoisotopic (exact) mass is 600 g/mol. The highest BCUT2D eigenvalue weighted by molar-refractivity contribution is 6.74. The molecule has 1 atom stereocenters. The van der Waals surface area contributed by atoms with Gasteiger partial charge in [0.2, 0.25) is 5.95 Å². The number of rotatable bonds is 11. The van der Waals surface area contributed by atoms with Gasteiger partial charge >= 0.3 is 7.41 Å². The van der Waals surface area contributed by atoms with Crippen molar-refractivity contribution in [2.24, 2.45) is 0 Å². The fourth-order valence-corrected chi connectivity index (χ4v) is 6.06. The molecule has 3 aromatic rings. The molecule has 2 N–H and O–H groups in total. The maximum atomic E-state index is 11.6. The molecule has 12 heteroatoms. The van der Waals surface area contributed by atoms with Gasteiger partial charge in [-0.1, -0.05) is 27.7 Å². The number of benzene rings is 1. The number of aryl methyl sites for hydroxylation is 2. The lowest BCUT2D eigenvalue weighted by Crippen LogP contribution is -2.46. The van der Waals surface area contributed by atoms with E-state index >= 15 is 0 Å². The molecule has 1 aliphatic rings. The average molecular weight is 601 g/mol. The largest absolute Gasteiger partial charge is 0.416 e. The lowest BCUT2D eigenvalue weighted by Gasteiger charge is -2.39. The fraction of sp³-hybridized carbons (Fsp3) is 0.516. The lowest BCUT2D eigenvalue weighted by atomic mass is 9.83. The van der Waals surface area contributed by atoms with Gasteiger partial charge in [-0.25, -0.2) is 14.6 Å². The van der Waals surface area contributed by atoms with Gasteiger partial charge < -0.3 is 24.5 Å². The minimum atomic E-state index is -2.06. The van der Waals surface area contributed by atoms with Crippen LogP contribution >= 0.6 is 0 Å². The van der Waals surface area contributed by atoms with Crippen molar-refractivity contribution >= 4 is 39.4 Å². The number of aromatic nitrogens is 4. The standard InChI is InChI=1S/C31H43BN7O3Si/c1-21-14-26(39(37-21)13-11-30(5,6)41)36-28-34-12-10-25(35-28)22-15-23(17-33)27-24(16-22)31(7,18-38(27)32-20-40)19-42-43(8,9)29(2,3)4/h10,12,14-16,20,41H,11,13,18-19H2,1-9H3,(H,34,35,36)/t31-/m1/s1. The van der Waals surface area contributed by atoms with Gasteiger partial charge in [0.1, 0.15) is 18.1 Å². The molecule has 1 radical (unpaired) electrons. The summed E-state index contributed by atoms with van der Waals surface area (Å²) in [5, 5.41) is 28.3. The molecule has 0 fully saturated rings. The summed E-state index contributed by atoms with van der Waals surface area (Å²) in [7, 11) is -0.565. The fourth-order valence-electron chi connectivity index (χ4n) is 4.95. The Balaban J connectivity index is 1.71. The maximum Gasteiger partial charge on any atom is 0.329 e. The summed E-state index contributed by atoms with van der Waals surface area (Å²) in [6.45, 7) is 20.2. The summed E-state index contributed by atoms with van der Waals surface area (Å²) in [6.07, 6.45) is 2.97. The SMILES string of the molecule is Cc1cc(Nc2nccc(-c3cc(C#N)c4c(c3)[C@@](C)(CO[Si](C)(C)C(C)(C)C)CN4[B]C=O)n2)n(CCC(C)(C)O)n1. The van der Waals surface area contributed by atoms with Crippen LogP contribution in [0.15, 0.2) is 30.5 Å². The van der Waals surface area contributed by atoms with Crippen LogP contribution in [-0.2, 0) is 21.2 Å². The number of nitrogens with zero attached hydrogens (tertiary/aromatic N) is 6. The molecule has 10 nitrogen and oxygen atoms in total. The highest BCUT2D eigenvalue weighted by Gasteiger charge is 2.44. The summed E-state index contributed by atoms with van der Waals surface area (Å²) >= 11 is 0. The third-order valence-corrected chi connectivity index (χ3v) is 13.0. The smallest absolute Gasteiger partial charge is 0.329 e. The highest BCUT2D eigenvalue weighted by atomic mass is 28.4. The van der Waals surface area contributed by atoms with Crippen molar-refractivity contribution in [2.75, 3.05) is 23.3 Å². The molecule has 0 unspecified atom stereocenters. The number of fused-ring (bicyclic) bond motifs is 1. The first-order chi connectivity index (χ1) is 20.0. The molecule has 2 aromatic heterocycles. The second kappa shape index (κ2) is 11.9. The van der Waals surface area contributed by atoms with Crippen molar-refractivity contribution in [2.45, 2.75) is 90.6 Å². The predicted molar refractivity (Wildman–Crippen MR) is 174 cm³/mol. The number of nitrogens with one attached hydrogen (secondary N) is 1. The lowest BCUT2D eigenvalue weighted by molar-refractivity contribution is 0.0653. The number of nitriles is 1. The van der Waals surface area contributed by atoms with Crippen LogP contribution in [0.2, 0.25) is 18.1 Å². The molecule has 0 spiro atoms. The van der Waals surface area contributed by atoms with Gasteiger partial charge in [-0.3, -0.25) is 0 Å². The minimum absolute atomic E-state index is 0.0473. The highest BCUT2D eigenvalue weighted by Crippen LogP contribution is 2.46. The molecular weight excluding hydrogens is 557 g/mol. The van der Waals surface area contributed by atoms with Crippen molar-refractivity contribution in [3.63, 3.8) is 0 Å². The number of aliphatic hydroxyl groups is 1.